The van der Waals surface area contributed by atoms with Crippen molar-refractivity contribution in [2.75, 3.05) is 6.54 Å². The molecule has 1 aromatic carbocycles. The van der Waals surface area contributed by atoms with Gasteiger partial charge in [0.15, 0.2) is 0 Å². The summed E-state index contributed by atoms with van der Waals surface area (Å²) in [6.45, 7) is 0.392. The Bertz CT molecular complexity index is 497. The van der Waals surface area contributed by atoms with E-state index in [9.17, 15) is 9.59 Å². The fourth-order valence-corrected chi connectivity index (χ4v) is 2.64. The second kappa shape index (κ2) is 5.61. The number of carbonyl (C=O) groups excluding carboxylic acids is 1. The highest BCUT2D eigenvalue weighted by Gasteiger charge is 2.39. The van der Waals surface area contributed by atoms with Gasteiger partial charge in [0.25, 0.3) is 5.91 Å². The number of amides is 1. The van der Waals surface area contributed by atoms with E-state index in [0.717, 1.165) is 19.3 Å². The summed E-state index contributed by atoms with van der Waals surface area (Å²) in [6, 6.07) is 6.82. The average Bonchev–Trinajstić information content (AvgIpc) is 2.32. The van der Waals surface area contributed by atoms with Crippen molar-refractivity contribution in [1.82, 2.24) is 5.32 Å². The largest absolute Gasteiger partial charge is 0.481 e. The van der Waals surface area contributed by atoms with Crippen LogP contribution in [0.5, 0.6) is 0 Å². The lowest BCUT2D eigenvalue weighted by Gasteiger charge is -2.40. The van der Waals surface area contributed by atoms with Gasteiger partial charge in [0.1, 0.15) is 0 Å². The zero-order chi connectivity index (χ0) is 13.9. The highest BCUT2D eigenvalue weighted by atomic mass is 35.5. The molecule has 0 radical (unpaired) electrons. The second-order valence-electron chi connectivity index (χ2n) is 5.09. The monoisotopic (exact) mass is 281 g/mol. The molecule has 0 unspecified atom stereocenters. The lowest BCUT2D eigenvalue weighted by Crippen LogP contribution is -2.43. The van der Waals surface area contributed by atoms with E-state index in [1.807, 2.05) is 0 Å². The molecular weight excluding hydrogens is 266 g/mol. The van der Waals surface area contributed by atoms with Crippen molar-refractivity contribution in [3.63, 3.8) is 0 Å². The molecule has 1 aromatic rings. The Balaban J connectivity index is 1.97. The smallest absolute Gasteiger partial charge is 0.303 e. The van der Waals surface area contributed by atoms with Crippen LogP contribution in [-0.4, -0.2) is 23.5 Å². The van der Waals surface area contributed by atoms with E-state index >= 15 is 0 Å². The number of carboxylic acids is 1. The molecule has 2 rings (SSSR count). The Labute approximate surface area is 116 Å². The first-order valence-electron chi connectivity index (χ1n) is 6.27. The van der Waals surface area contributed by atoms with Crippen molar-refractivity contribution < 1.29 is 14.7 Å². The van der Waals surface area contributed by atoms with Gasteiger partial charge in [-0.3, -0.25) is 9.59 Å². The molecule has 1 amide bonds. The van der Waals surface area contributed by atoms with Gasteiger partial charge in [-0.1, -0.05) is 30.2 Å². The molecule has 1 aliphatic rings. The van der Waals surface area contributed by atoms with Crippen molar-refractivity contribution >= 4 is 23.5 Å². The fourth-order valence-electron chi connectivity index (χ4n) is 2.42. The van der Waals surface area contributed by atoms with E-state index in [4.69, 9.17) is 16.7 Å². The molecule has 5 heteroatoms. The standard InChI is InChI=1S/C14H16ClNO3/c15-11-5-2-1-4-10(11)13(19)16-9-14(6-3-7-14)8-12(17)18/h1-2,4-5H,3,6-9H2,(H,16,19)(H,17,18). The summed E-state index contributed by atoms with van der Waals surface area (Å²) in [4.78, 5) is 22.8. The number of rotatable bonds is 5. The molecule has 0 saturated heterocycles. The van der Waals surface area contributed by atoms with Gasteiger partial charge < -0.3 is 10.4 Å². The third-order valence-corrected chi connectivity index (χ3v) is 4.01. The zero-order valence-electron chi connectivity index (χ0n) is 10.5. The summed E-state index contributed by atoms with van der Waals surface area (Å²) >= 11 is 5.95. The summed E-state index contributed by atoms with van der Waals surface area (Å²) in [5, 5.41) is 12.1. The molecule has 102 valence electrons. The van der Waals surface area contributed by atoms with Gasteiger partial charge in [-0.05, 0) is 30.4 Å². The summed E-state index contributed by atoms with van der Waals surface area (Å²) in [5.41, 5.74) is 0.150. The van der Waals surface area contributed by atoms with Gasteiger partial charge in [-0.25, -0.2) is 0 Å². The lowest BCUT2D eigenvalue weighted by molar-refractivity contribution is -0.141. The maximum atomic E-state index is 12.0. The maximum absolute atomic E-state index is 12.0. The summed E-state index contributed by atoms with van der Waals surface area (Å²) in [7, 11) is 0. The van der Waals surface area contributed by atoms with E-state index in [0.29, 0.717) is 17.1 Å². The molecule has 0 bridgehead atoms. The molecule has 1 aliphatic carbocycles. The number of halogens is 1. The van der Waals surface area contributed by atoms with Gasteiger partial charge in [-0.2, -0.15) is 0 Å². The van der Waals surface area contributed by atoms with Crippen LogP contribution in [0, 0.1) is 5.41 Å². The lowest BCUT2D eigenvalue weighted by atomic mass is 9.66. The van der Waals surface area contributed by atoms with Crippen LogP contribution in [0.15, 0.2) is 24.3 Å². The first kappa shape index (κ1) is 13.9. The van der Waals surface area contributed by atoms with E-state index < -0.39 is 5.97 Å². The van der Waals surface area contributed by atoms with Gasteiger partial charge >= 0.3 is 5.97 Å². The Morgan fingerprint density at radius 2 is 2.00 bits per heavy atom. The molecule has 4 nitrogen and oxygen atoms in total. The van der Waals surface area contributed by atoms with Crippen LogP contribution in [-0.2, 0) is 4.79 Å². The first-order chi connectivity index (χ1) is 9.02. The zero-order valence-corrected chi connectivity index (χ0v) is 11.2. The Morgan fingerprint density at radius 1 is 1.32 bits per heavy atom. The van der Waals surface area contributed by atoms with E-state index in [1.54, 1.807) is 24.3 Å². The molecule has 0 atom stereocenters. The molecule has 1 saturated carbocycles. The van der Waals surface area contributed by atoms with Crippen molar-refractivity contribution in [3.05, 3.63) is 34.9 Å². The van der Waals surface area contributed by atoms with Crippen LogP contribution >= 0.6 is 11.6 Å². The number of carboxylic acid groups (broad SMARTS) is 1. The molecule has 1 fully saturated rings. The minimum atomic E-state index is -0.813. The predicted molar refractivity (Wildman–Crippen MR) is 72.3 cm³/mol. The number of aliphatic carboxylic acids is 1. The van der Waals surface area contributed by atoms with E-state index in [1.165, 1.54) is 0 Å². The van der Waals surface area contributed by atoms with Crippen LogP contribution in [0.1, 0.15) is 36.0 Å². The number of nitrogens with one attached hydrogen (secondary N) is 1. The minimum Gasteiger partial charge on any atom is -0.481 e. The van der Waals surface area contributed by atoms with Gasteiger partial charge in [-0.15, -0.1) is 0 Å². The summed E-state index contributed by atoms with van der Waals surface area (Å²) < 4.78 is 0. The number of carbonyl (C=O) groups is 2. The van der Waals surface area contributed by atoms with Crippen LogP contribution in [0.4, 0.5) is 0 Å². The van der Waals surface area contributed by atoms with Gasteiger partial charge in [0.05, 0.1) is 17.0 Å². The third-order valence-electron chi connectivity index (χ3n) is 3.68. The minimum absolute atomic E-state index is 0.107. The van der Waals surface area contributed by atoms with E-state index in [2.05, 4.69) is 5.32 Å². The number of benzene rings is 1. The normalized spacial score (nSPS) is 16.5. The van der Waals surface area contributed by atoms with Crippen molar-refractivity contribution in [2.45, 2.75) is 25.7 Å². The predicted octanol–water partition coefficient (Wildman–Crippen LogP) is 2.71. The summed E-state index contributed by atoms with van der Waals surface area (Å²) in [5.74, 6) is -1.06. The Kier molecular flexibility index (Phi) is 4.10. The number of hydrogen-bond donors (Lipinski definition) is 2. The molecule has 0 aromatic heterocycles. The summed E-state index contributed by atoms with van der Waals surface area (Å²) in [6.07, 6.45) is 2.83. The molecule has 2 N–H and O–H groups in total. The molecule has 0 spiro atoms. The SMILES string of the molecule is O=C(O)CC1(CNC(=O)c2ccccc2Cl)CCC1. The van der Waals surface area contributed by atoms with Crippen LogP contribution < -0.4 is 5.32 Å². The second-order valence-corrected chi connectivity index (χ2v) is 5.49. The van der Waals surface area contributed by atoms with Crippen molar-refractivity contribution in [1.29, 1.82) is 0 Å². The Morgan fingerprint density at radius 3 is 2.53 bits per heavy atom. The highest BCUT2D eigenvalue weighted by molar-refractivity contribution is 6.33. The highest BCUT2D eigenvalue weighted by Crippen LogP contribution is 2.43. The van der Waals surface area contributed by atoms with Crippen LogP contribution in [0.3, 0.4) is 0 Å². The maximum Gasteiger partial charge on any atom is 0.303 e. The van der Waals surface area contributed by atoms with Crippen LogP contribution in [0.25, 0.3) is 0 Å². The topological polar surface area (TPSA) is 66.4 Å². The first-order valence-corrected chi connectivity index (χ1v) is 6.65. The van der Waals surface area contributed by atoms with Crippen molar-refractivity contribution in [3.8, 4) is 0 Å². The van der Waals surface area contributed by atoms with Gasteiger partial charge in [0, 0.05) is 6.54 Å². The fraction of sp³-hybridized carbons (Fsp3) is 0.429. The average molecular weight is 282 g/mol. The van der Waals surface area contributed by atoms with E-state index in [-0.39, 0.29) is 17.7 Å². The quantitative estimate of drug-likeness (QED) is 0.872. The van der Waals surface area contributed by atoms with Gasteiger partial charge in [0.2, 0.25) is 0 Å². The Hall–Kier alpha value is -1.55. The van der Waals surface area contributed by atoms with Crippen molar-refractivity contribution in [2.24, 2.45) is 5.41 Å². The molecular formula is C14H16ClNO3. The molecule has 0 heterocycles. The third kappa shape index (κ3) is 3.26. The van der Waals surface area contributed by atoms with Crippen LogP contribution in [0.2, 0.25) is 5.02 Å². The molecule has 19 heavy (non-hydrogen) atoms. The molecule has 0 aliphatic heterocycles. The number of hydrogen-bond acceptors (Lipinski definition) is 2.